The summed E-state index contributed by atoms with van der Waals surface area (Å²) >= 11 is 0. The molecule has 220 valence electrons. The lowest BCUT2D eigenvalue weighted by molar-refractivity contribution is -0.139. The van der Waals surface area contributed by atoms with Crippen LogP contribution in [0.5, 0.6) is 0 Å². The number of benzene rings is 3. The number of nitrogens with zero attached hydrogens (tertiary/aromatic N) is 1. The van der Waals surface area contributed by atoms with Gasteiger partial charge in [0.1, 0.15) is 6.04 Å². The third-order valence-corrected chi connectivity index (χ3v) is 8.92. The fraction of sp³-hybridized carbons (Fsp3) is 0.375. The Hall–Kier alpha value is -3.53. The highest BCUT2D eigenvalue weighted by Gasteiger charge is 2.25. The number of sulfonamides is 1. The smallest absolute Gasteiger partial charge is 0.326 e. The number of carbonyl (C=O) groups is 2. The number of carboxylic acids is 1. The molecule has 3 rings (SSSR count). The Kier molecular flexibility index (Phi) is 12.1. The third kappa shape index (κ3) is 9.24. The second-order valence-electron chi connectivity index (χ2n) is 10.2. The van der Waals surface area contributed by atoms with Crippen LogP contribution in [0.2, 0.25) is 0 Å². The molecule has 0 aliphatic carbocycles. The first-order valence-corrected chi connectivity index (χ1v) is 15.7. The van der Waals surface area contributed by atoms with Crippen molar-refractivity contribution < 1.29 is 23.1 Å². The highest BCUT2D eigenvalue weighted by molar-refractivity contribution is 7.89. The Morgan fingerprint density at radius 3 is 2.32 bits per heavy atom. The Morgan fingerprint density at radius 1 is 0.951 bits per heavy atom. The van der Waals surface area contributed by atoms with Crippen molar-refractivity contribution in [3.8, 4) is 11.1 Å². The Labute approximate surface area is 243 Å². The zero-order valence-corrected chi connectivity index (χ0v) is 24.9. The van der Waals surface area contributed by atoms with Crippen LogP contribution in [0.4, 0.5) is 0 Å². The monoisotopic (exact) mass is 579 g/mol. The van der Waals surface area contributed by atoms with Gasteiger partial charge in [-0.15, -0.1) is 0 Å². The van der Waals surface area contributed by atoms with Crippen LogP contribution in [-0.4, -0.2) is 61.6 Å². The highest BCUT2D eigenvalue weighted by atomic mass is 32.2. The molecule has 41 heavy (non-hydrogen) atoms. The van der Waals surface area contributed by atoms with Gasteiger partial charge in [0.2, 0.25) is 10.0 Å². The van der Waals surface area contributed by atoms with Crippen molar-refractivity contribution in [3.63, 3.8) is 0 Å². The highest BCUT2D eigenvalue weighted by Crippen LogP contribution is 2.29. The van der Waals surface area contributed by atoms with E-state index in [0.717, 1.165) is 22.3 Å². The first-order valence-electron chi connectivity index (χ1n) is 14.0. The van der Waals surface area contributed by atoms with Crippen molar-refractivity contribution in [1.29, 1.82) is 0 Å². The fourth-order valence-corrected chi connectivity index (χ4v) is 6.23. The summed E-state index contributed by atoms with van der Waals surface area (Å²) < 4.78 is 28.4. The topological polar surface area (TPSA) is 116 Å². The summed E-state index contributed by atoms with van der Waals surface area (Å²) in [5, 5.41) is 15.2. The minimum Gasteiger partial charge on any atom is -0.480 e. The Balaban J connectivity index is 1.98. The zero-order valence-electron chi connectivity index (χ0n) is 24.1. The summed E-state index contributed by atoms with van der Waals surface area (Å²) in [4.78, 5) is 25.1. The molecule has 0 saturated heterocycles. The Morgan fingerprint density at radius 2 is 1.66 bits per heavy atom. The lowest BCUT2D eigenvalue weighted by Gasteiger charge is -2.23. The number of nitrogens with one attached hydrogen (secondary N) is 2. The van der Waals surface area contributed by atoms with Crippen LogP contribution in [0.15, 0.2) is 72.8 Å². The maximum Gasteiger partial charge on any atom is 0.326 e. The van der Waals surface area contributed by atoms with E-state index in [1.807, 2.05) is 74.5 Å². The van der Waals surface area contributed by atoms with Gasteiger partial charge in [-0.1, -0.05) is 74.0 Å². The van der Waals surface area contributed by atoms with E-state index in [1.165, 1.54) is 4.31 Å². The quantitative estimate of drug-likeness (QED) is 0.213. The van der Waals surface area contributed by atoms with E-state index in [1.54, 1.807) is 19.2 Å². The summed E-state index contributed by atoms with van der Waals surface area (Å²) in [5.41, 5.74) is 4.55. The van der Waals surface area contributed by atoms with Crippen molar-refractivity contribution in [2.75, 3.05) is 25.9 Å². The van der Waals surface area contributed by atoms with Gasteiger partial charge in [0.15, 0.2) is 0 Å². The van der Waals surface area contributed by atoms with Gasteiger partial charge in [-0.3, -0.25) is 4.79 Å². The van der Waals surface area contributed by atoms with Gasteiger partial charge < -0.3 is 15.7 Å². The van der Waals surface area contributed by atoms with E-state index in [9.17, 15) is 23.1 Å². The van der Waals surface area contributed by atoms with Crippen LogP contribution in [0.1, 0.15) is 53.2 Å². The van der Waals surface area contributed by atoms with Gasteiger partial charge >= 0.3 is 5.97 Å². The van der Waals surface area contributed by atoms with Crippen molar-refractivity contribution >= 4 is 21.9 Å². The minimum absolute atomic E-state index is 0.0295. The molecule has 3 aromatic carbocycles. The van der Waals surface area contributed by atoms with Gasteiger partial charge in [0.05, 0.1) is 5.75 Å². The normalized spacial score (nSPS) is 12.3. The summed E-state index contributed by atoms with van der Waals surface area (Å²) in [6, 6.07) is 21.7. The van der Waals surface area contributed by atoms with Crippen LogP contribution < -0.4 is 10.6 Å². The standard InChI is InChI=1S/C32H41N3O5S/c1-4-11-30(32(37)38)34-31(36)28-17-16-26(22-29(28)27-15-9-8-12-24(27)2)23-35(41(39,40)21-10-19-33-3)20-18-25-13-6-5-7-14-25/h5-9,12-17,22,30,33H,4,10-11,18-21,23H2,1-3H3,(H,34,36)(H,37,38)/t30-/m1/s1. The van der Waals surface area contributed by atoms with Crippen LogP contribution in [-0.2, 0) is 27.8 Å². The van der Waals surface area contributed by atoms with Gasteiger partial charge in [-0.05, 0) is 79.7 Å². The summed E-state index contributed by atoms with van der Waals surface area (Å²) in [6.45, 7) is 4.89. The van der Waals surface area contributed by atoms with Gasteiger partial charge in [0, 0.05) is 18.7 Å². The van der Waals surface area contributed by atoms with Crippen molar-refractivity contribution in [1.82, 2.24) is 14.9 Å². The summed E-state index contributed by atoms with van der Waals surface area (Å²) in [5.74, 6) is -1.52. The molecule has 0 heterocycles. The van der Waals surface area contributed by atoms with E-state index in [-0.39, 0.29) is 12.3 Å². The third-order valence-electron chi connectivity index (χ3n) is 7.02. The van der Waals surface area contributed by atoms with Crippen molar-refractivity contribution in [2.24, 2.45) is 0 Å². The van der Waals surface area contributed by atoms with E-state index < -0.39 is 27.9 Å². The van der Waals surface area contributed by atoms with E-state index in [0.29, 0.717) is 49.9 Å². The van der Waals surface area contributed by atoms with Gasteiger partial charge in [0.25, 0.3) is 5.91 Å². The molecule has 3 aromatic rings. The molecule has 8 nitrogen and oxygen atoms in total. The number of rotatable bonds is 16. The van der Waals surface area contributed by atoms with Crippen LogP contribution in [0.3, 0.4) is 0 Å². The molecule has 0 saturated carbocycles. The molecule has 0 aromatic heterocycles. The SMILES string of the molecule is CCC[C@@H](NC(=O)c1ccc(CN(CCc2ccccc2)S(=O)(=O)CCCNC)cc1-c1ccccc1C)C(=O)O. The molecule has 0 radical (unpaired) electrons. The number of amides is 1. The predicted molar refractivity (Wildman–Crippen MR) is 163 cm³/mol. The number of aliphatic carboxylic acids is 1. The number of carboxylic acid groups (broad SMARTS) is 1. The lowest BCUT2D eigenvalue weighted by atomic mass is 9.93. The van der Waals surface area contributed by atoms with E-state index >= 15 is 0 Å². The number of aryl methyl sites for hydroxylation is 1. The predicted octanol–water partition coefficient (Wildman–Crippen LogP) is 4.63. The lowest BCUT2D eigenvalue weighted by Crippen LogP contribution is -2.40. The second kappa shape index (κ2) is 15.5. The average Bonchev–Trinajstić information content (AvgIpc) is 2.95. The molecule has 0 aliphatic heterocycles. The summed E-state index contributed by atoms with van der Waals surface area (Å²) in [6.07, 6.45) is 2.01. The first-order chi connectivity index (χ1) is 19.7. The van der Waals surface area contributed by atoms with Crippen LogP contribution in [0, 0.1) is 6.92 Å². The van der Waals surface area contributed by atoms with Crippen molar-refractivity contribution in [3.05, 3.63) is 95.1 Å². The van der Waals surface area contributed by atoms with Crippen LogP contribution in [0.25, 0.3) is 11.1 Å². The second-order valence-corrected chi connectivity index (χ2v) is 12.3. The molecular weight excluding hydrogens is 538 g/mol. The molecule has 9 heteroatoms. The number of hydrogen-bond donors (Lipinski definition) is 3. The molecule has 0 aliphatic rings. The molecule has 0 fully saturated rings. The number of hydrogen-bond acceptors (Lipinski definition) is 5. The van der Waals surface area contributed by atoms with Gasteiger partial charge in [-0.25, -0.2) is 13.2 Å². The summed E-state index contributed by atoms with van der Waals surface area (Å²) in [7, 11) is -1.76. The van der Waals surface area contributed by atoms with E-state index in [4.69, 9.17) is 0 Å². The largest absolute Gasteiger partial charge is 0.480 e. The van der Waals surface area contributed by atoms with Crippen molar-refractivity contribution in [2.45, 2.75) is 52.1 Å². The molecular formula is C32H41N3O5S. The van der Waals surface area contributed by atoms with Gasteiger partial charge in [-0.2, -0.15) is 4.31 Å². The first kappa shape index (κ1) is 32.0. The molecule has 0 spiro atoms. The molecule has 0 unspecified atom stereocenters. The minimum atomic E-state index is -3.56. The average molecular weight is 580 g/mol. The zero-order chi connectivity index (χ0) is 29.8. The van der Waals surface area contributed by atoms with Crippen LogP contribution >= 0.6 is 0 Å². The van der Waals surface area contributed by atoms with E-state index in [2.05, 4.69) is 10.6 Å². The molecule has 0 bridgehead atoms. The fourth-order valence-electron chi connectivity index (χ4n) is 4.75. The maximum absolute atomic E-state index is 13.4. The maximum atomic E-state index is 13.4. The molecule has 1 atom stereocenters. The molecule has 3 N–H and O–H groups in total. The number of carbonyl (C=O) groups excluding carboxylic acids is 1. The Bertz CT molecular complexity index is 1410. The molecule has 1 amide bonds.